The summed E-state index contributed by atoms with van der Waals surface area (Å²) in [7, 11) is 0. The summed E-state index contributed by atoms with van der Waals surface area (Å²) in [6, 6.07) is 0. The van der Waals surface area contributed by atoms with E-state index in [4.69, 9.17) is 0 Å². The van der Waals surface area contributed by atoms with E-state index in [0.717, 1.165) is 38.4 Å². The van der Waals surface area contributed by atoms with Crippen molar-refractivity contribution in [2.24, 2.45) is 40.4 Å². The van der Waals surface area contributed by atoms with E-state index < -0.39 is 11.5 Å². The molecule has 0 aromatic heterocycles. The quantitative estimate of drug-likeness (QED) is 0.780. The number of Topliss-reactive ketones (excluding diaryl/α,β-unsaturated/α-hetero) is 2. The van der Waals surface area contributed by atoms with E-state index in [9.17, 15) is 19.5 Å². The third-order valence-electron chi connectivity index (χ3n) is 8.73. The molecule has 4 rings (SSSR count). The van der Waals surface area contributed by atoms with Crippen molar-refractivity contribution in [2.45, 2.75) is 71.3 Å². The highest BCUT2D eigenvalue weighted by atomic mass is 16.3. The zero-order valence-corrected chi connectivity index (χ0v) is 15.4. The van der Waals surface area contributed by atoms with E-state index in [1.165, 1.54) is 0 Å². The maximum Gasteiger partial charge on any atom is 0.133 e. The molecule has 0 aromatic rings. The molecule has 4 fully saturated rings. The van der Waals surface area contributed by atoms with Crippen molar-refractivity contribution in [2.75, 3.05) is 0 Å². The van der Waals surface area contributed by atoms with E-state index in [1.807, 2.05) is 0 Å². The van der Waals surface area contributed by atoms with Gasteiger partial charge in [-0.25, -0.2) is 0 Å². The summed E-state index contributed by atoms with van der Waals surface area (Å²) in [5.74, 6) is 1.33. The maximum absolute atomic E-state index is 12.2. The first kappa shape index (κ1) is 17.4. The number of hydrogen-bond donors (Lipinski definition) is 1. The molecule has 4 aliphatic rings. The molecule has 0 unspecified atom stereocenters. The minimum absolute atomic E-state index is 0.000399. The van der Waals surface area contributed by atoms with Gasteiger partial charge in [0.15, 0.2) is 0 Å². The summed E-state index contributed by atoms with van der Waals surface area (Å²) in [4.78, 5) is 36.3. The Kier molecular flexibility index (Phi) is 3.99. The summed E-state index contributed by atoms with van der Waals surface area (Å²) in [6.07, 6.45) is 6.79. The molecule has 8 atom stereocenters. The SMILES string of the molecule is CC(=O)[C@H]1CC[C@H]2[C@@H]3CC[C@H]4CC(=O)CC[C@]4(C)[C@H]3[C@@H](O)C[C@]12C=O. The van der Waals surface area contributed by atoms with E-state index >= 15 is 0 Å². The topological polar surface area (TPSA) is 71.4 Å². The lowest BCUT2D eigenvalue weighted by atomic mass is 9.44. The minimum atomic E-state index is -0.653. The lowest BCUT2D eigenvalue weighted by Gasteiger charge is -2.61. The first-order valence-electron chi connectivity index (χ1n) is 10.00. The van der Waals surface area contributed by atoms with Gasteiger partial charge in [0.25, 0.3) is 0 Å². The molecule has 1 N–H and O–H groups in total. The minimum Gasteiger partial charge on any atom is -0.393 e. The Labute approximate surface area is 149 Å². The Morgan fingerprint density at radius 3 is 2.68 bits per heavy atom. The van der Waals surface area contributed by atoms with Crippen molar-refractivity contribution >= 4 is 17.9 Å². The van der Waals surface area contributed by atoms with Crippen LogP contribution in [0.15, 0.2) is 0 Å². The number of aliphatic hydroxyl groups is 1. The second-order valence-electron chi connectivity index (χ2n) is 9.56. The van der Waals surface area contributed by atoms with Gasteiger partial charge in [0.2, 0.25) is 0 Å². The molecule has 0 saturated heterocycles. The van der Waals surface area contributed by atoms with Gasteiger partial charge in [0.1, 0.15) is 17.9 Å². The van der Waals surface area contributed by atoms with Gasteiger partial charge in [-0.1, -0.05) is 6.92 Å². The molecule has 0 amide bonds. The molecule has 0 bridgehead atoms. The number of fused-ring (bicyclic) bond motifs is 5. The molecule has 25 heavy (non-hydrogen) atoms. The predicted octanol–water partition coefficient (Wildman–Crippen LogP) is 2.95. The highest BCUT2D eigenvalue weighted by molar-refractivity contribution is 5.84. The molecular formula is C21H30O4. The molecular weight excluding hydrogens is 316 g/mol. The number of rotatable bonds is 2. The van der Waals surface area contributed by atoms with Crippen LogP contribution in [0, 0.1) is 40.4 Å². The molecule has 4 nitrogen and oxygen atoms in total. The van der Waals surface area contributed by atoms with Crippen molar-refractivity contribution < 1.29 is 19.5 Å². The second-order valence-corrected chi connectivity index (χ2v) is 9.56. The van der Waals surface area contributed by atoms with Crippen LogP contribution in [0.3, 0.4) is 0 Å². The lowest BCUT2D eigenvalue weighted by Crippen LogP contribution is -2.60. The van der Waals surface area contributed by atoms with Crippen molar-refractivity contribution in [1.82, 2.24) is 0 Å². The largest absolute Gasteiger partial charge is 0.393 e. The first-order valence-corrected chi connectivity index (χ1v) is 10.00. The summed E-state index contributed by atoms with van der Waals surface area (Å²) in [5, 5.41) is 11.2. The monoisotopic (exact) mass is 346 g/mol. The van der Waals surface area contributed by atoms with Crippen molar-refractivity contribution in [3.63, 3.8) is 0 Å². The summed E-state index contributed by atoms with van der Waals surface area (Å²) in [5.41, 5.74) is -0.653. The molecule has 0 spiro atoms. The molecule has 0 aliphatic heterocycles. The predicted molar refractivity (Wildman–Crippen MR) is 92.7 cm³/mol. The fourth-order valence-electron chi connectivity index (χ4n) is 7.67. The molecule has 4 heteroatoms. The Balaban J connectivity index is 1.71. The maximum atomic E-state index is 12.2. The van der Waals surface area contributed by atoms with Gasteiger partial charge in [0.05, 0.1) is 6.10 Å². The van der Waals surface area contributed by atoms with E-state index in [-0.39, 0.29) is 29.0 Å². The van der Waals surface area contributed by atoms with Crippen LogP contribution < -0.4 is 0 Å². The smallest absolute Gasteiger partial charge is 0.133 e. The highest BCUT2D eigenvalue weighted by Gasteiger charge is 2.65. The van der Waals surface area contributed by atoms with Gasteiger partial charge in [-0.2, -0.15) is 0 Å². The van der Waals surface area contributed by atoms with Gasteiger partial charge in [-0.15, -0.1) is 0 Å². The number of ketones is 2. The average Bonchev–Trinajstić information content (AvgIpc) is 2.95. The summed E-state index contributed by atoms with van der Waals surface area (Å²) >= 11 is 0. The van der Waals surface area contributed by atoms with Crippen LogP contribution >= 0.6 is 0 Å². The highest BCUT2D eigenvalue weighted by Crippen LogP contribution is 2.66. The number of hydrogen-bond acceptors (Lipinski definition) is 4. The first-order chi connectivity index (χ1) is 11.8. The van der Waals surface area contributed by atoms with Gasteiger partial charge in [-0.05, 0) is 74.5 Å². The van der Waals surface area contributed by atoms with Crippen LogP contribution in [0.25, 0.3) is 0 Å². The number of carbonyl (C=O) groups is 3. The van der Waals surface area contributed by atoms with Crippen molar-refractivity contribution in [3.8, 4) is 0 Å². The Morgan fingerprint density at radius 1 is 1.24 bits per heavy atom. The van der Waals surface area contributed by atoms with Gasteiger partial charge >= 0.3 is 0 Å². The van der Waals surface area contributed by atoms with Gasteiger partial charge in [0, 0.05) is 24.2 Å². The number of carbonyl (C=O) groups excluding carboxylic acids is 3. The number of aldehydes is 1. The second kappa shape index (κ2) is 5.73. The van der Waals surface area contributed by atoms with Crippen LogP contribution in [0.2, 0.25) is 0 Å². The Hall–Kier alpha value is -1.03. The lowest BCUT2D eigenvalue weighted by molar-refractivity contribution is -0.177. The Morgan fingerprint density at radius 2 is 2.00 bits per heavy atom. The Bertz CT molecular complexity index is 613. The zero-order chi connectivity index (χ0) is 18.0. The normalized spacial score (nSPS) is 52.0. The summed E-state index contributed by atoms with van der Waals surface area (Å²) < 4.78 is 0. The molecule has 4 saturated carbocycles. The van der Waals surface area contributed by atoms with Crippen LogP contribution in [0.5, 0.6) is 0 Å². The van der Waals surface area contributed by atoms with Gasteiger partial charge < -0.3 is 9.90 Å². The zero-order valence-electron chi connectivity index (χ0n) is 15.4. The third-order valence-corrected chi connectivity index (χ3v) is 8.73. The van der Waals surface area contributed by atoms with Crippen LogP contribution in [0.1, 0.15) is 65.2 Å². The third kappa shape index (κ3) is 2.25. The van der Waals surface area contributed by atoms with Crippen LogP contribution in [-0.4, -0.2) is 29.1 Å². The van der Waals surface area contributed by atoms with Crippen molar-refractivity contribution in [1.29, 1.82) is 0 Å². The molecule has 138 valence electrons. The van der Waals surface area contributed by atoms with E-state index in [2.05, 4.69) is 6.92 Å². The van der Waals surface area contributed by atoms with E-state index in [0.29, 0.717) is 36.9 Å². The van der Waals surface area contributed by atoms with Gasteiger partial charge in [-0.3, -0.25) is 9.59 Å². The fourth-order valence-corrected chi connectivity index (χ4v) is 7.67. The van der Waals surface area contributed by atoms with E-state index in [1.54, 1.807) is 6.92 Å². The standard InChI is InChI=1S/C21H30O4/c1-12(23)16-5-6-17-15-4-3-13-9-14(24)7-8-20(13,2)19(15)18(25)10-21(16,17)11-22/h11,13,15-19,25H,3-10H2,1-2H3/t13-,15-,16+,17-,18-,19+,20-,21-/m0/s1. The molecule has 0 aromatic carbocycles. The fraction of sp³-hybridized carbons (Fsp3) is 0.857. The molecule has 4 aliphatic carbocycles. The molecule has 0 heterocycles. The molecule has 0 radical (unpaired) electrons. The summed E-state index contributed by atoms with van der Waals surface area (Å²) in [6.45, 7) is 3.87. The van der Waals surface area contributed by atoms with Crippen molar-refractivity contribution in [3.05, 3.63) is 0 Å². The van der Waals surface area contributed by atoms with Crippen LogP contribution in [0.4, 0.5) is 0 Å². The van der Waals surface area contributed by atoms with Crippen LogP contribution in [-0.2, 0) is 14.4 Å². The number of aliphatic hydroxyl groups excluding tert-OH is 1. The average molecular weight is 346 g/mol.